The van der Waals surface area contributed by atoms with Gasteiger partial charge in [-0.2, -0.15) is 0 Å². The van der Waals surface area contributed by atoms with Crippen molar-refractivity contribution in [2.45, 2.75) is 50.7 Å². The first kappa shape index (κ1) is 20.5. The molecular weight excluding hydrogens is 401 g/mol. The fourth-order valence-electron chi connectivity index (χ4n) is 5.32. The summed E-state index contributed by atoms with van der Waals surface area (Å²) in [6, 6.07) is 1.74. The van der Waals surface area contributed by atoms with Crippen LogP contribution in [0, 0.1) is 11.7 Å². The van der Waals surface area contributed by atoms with Gasteiger partial charge < -0.3 is 19.7 Å². The largest absolute Gasteiger partial charge is 0.494 e. The number of carboxylic acids is 1. The van der Waals surface area contributed by atoms with Gasteiger partial charge in [0.15, 0.2) is 5.75 Å². The zero-order valence-corrected chi connectivity index (χ0v) is 17.7. The summed E-state index contributed by atoms with van der Waals surface area (Å²) in [6.07, 6.45) is 6.74. The van der Waals surface area contributed by atoms with E-state index in [0.717, 1.165) is 38.9 Å². The maximum atomic E-state index is 15.3. The number of fused-ring (bicyclic) bond motifs is 2. The average molecular weight is 429 g/mol. The molecule has 1 aromatic heterocycles. The highest BCUT2D eigenvalue weighted by Gasteiger charge is 2.33. The molecule has 5 rings (SSSR count). The van der Waals surface area contributed by atoms with E-state index in [4.69, 9.17) is 4.74 Å². The summed E-state index contributed by atoms with van der Waals surface area (Å²) in [5, 5.41) is 13.1. The number of nitrogens with zero attached hydrogens (tertiary/aromatic N) is 2. The molecule has 1 saturated carbocycles. The molecule has 31 heavy (non-hydrogen) atoms. The van der Waals surface area contributed by atoms with Crippen LogP contribution >= 0.6 is 0 Å². The lowest BCUT2D eigenvalue weighted by Crippen LogP contribution is -2.53. The van der Waals surface area contributed by atoms with E-state index in [9.17, 15) is 14.7 Å². The standard InChI is InChI=1S/C23H28FN3O4/c1-31-22-16(10-26-8-6-13-3-2-7-25-19(13)12-26)18(24)9-15-20(22)27(14-4-5-14)11-17(21(15)28)23(29)30/h9,11,13-14,19,25H,2-8,10,12H2,1H3,(H,29,30). The van der Waals surface area contributed by atoms with Gasteiger partial charge in [0, 0.05) is 36.9 Å². The molecule has 8 heteroatoms. The number of rotatable bonds is 5. The van der Waals surface area contributed by atoms with E-state index in [2.05, 4.69) is 10.2 Å². The minimum atomic E-state index is -1.30. The SMILES string of the molecule is COc1c(CN2CCC3CCCNC3C2)c(F)cc2c(=O)c(C(=O)O)cn(C3CC3)c12. The Kier molecular flexibility index (Phi) is 5.22. The van der Waals surface area contributed by atoms with Gasteiger partial charge in [-0.3, -0.25) is 9.69 Å². The molecule has 3 aliphatic rings. The highest BCUT2D eigenvalue weighted by atomic mass is 19.1. The Morgan fingerprint density at radius 2 is 2.13 bits per heavy atom. The minimum Gasteiger partial charge on any atom is -0.494 e. The molecule has 1 aromatic carbocycles. The average Bonchev–Trinajstić information content (AvgIpc) is 3.60. The second-order valence-corrected chi connectivity index (χ2v) is 9.07. The number of halogens is 1. The van der Waals surface area contributed by atoms with Crippen molar-refractivity contribution in [2.24, 2.45) is 5.92 Å². The zero-order chi connectivity index (χ0) is 21.7. The predicted octanol–water partition coefficient (Wildman–Crippen LogP) is 2.76. The van der Waals surface area contributed by atoms with E-state index in [-0.39, 0.29) is 17.0 Å². The van der Waals surface area contributed by atoms with E-state index in [1.165, 1.54) is 32.2 Å². The first-order valence-corrected chi connectivity index (χ1v) is 11.1. The van der Waals surface area contributed by atoms with Crippen molar-refractivity contribution in [3.8, 4) is 5.75 Å². The monoisotopic (exact) mass is 429 g/mol. The molecule has 2 N–H and O–H groups in total. The van der Waals surface area contributed by atoms with E-state index in [1.54, 1.807) is 4.57 Å². The summed E-state index contributed by atoms with van der Waals surface area (Å²) in [4.78, 5) is 26.7. The summed E-state index contributed by atoms with van der Waals surface area (Å²) in [5.74, 6) is -0.796. The maximum Gasteiger partial charge on any atom is 0.341 e. The Labute approximate surface area is 179 Å². The van der Waals surface area contributed by atoms with Crippen LogP contribution in [-0.2, 0) is 6.54 Å². The third-order valence-electron chi connectivity index (χ3n) is 7.07. The molecule has 0 radical (unpaired) electrons. The normalized spacial score (nSPS) is 24.2. The van der Waals surface area contributed by atoms with Crippen molar-refractivity contribution in [1.82, 2.24) is 14.8 Å². The molecule has 2 aliphatic heterocycles. The number of ether oxygens (including phenoxy) is 1. The number of hydrogen-bond donors (Lipinski definition) is 2. The van der Waals surface area contributed by atoms with Crippen LogP contribution in [0.4, 0.5) is 4.39 Å². The molecule has 3 fully saturated rings. The van der Waals surface area contributed by atoms with Gasteiger partial charge in [0.2, 0.25) is 5.43 Å². The molecular formula is C23H28FN3O4. The molecule has 2 atom stereocenters. The smallest absolute Gasteiger partial charge is 0.341 e. The van der Waals surface area contributed by atoms with Crippen LogP contribution in [0.25, 0.3) is 10.9 Å². The van der Waals surface area contributed by atoms with Gasteiger partial charge in [0.25, 0.3) is 0 Å². The summed E-state index contributed by atoms with van der Waals surface area (Å²) in [7, 11) is 1.49. The lowest BCUT2D eigenvalue weighted by atomic mass is 9.85. The first-order chi connectivity index (χ1) is 15.0. The summed E-state index contributed by atoms with van der Waals surface area (Å²) in [5.41, 5.74) is -0.0716. The van der Waals surface area contributed by atoms with E-state index >= 15 is 4.39 Å². The third-order valence-corrected chi connectivity index (χ3v) is 7.07. The number of pyridine rings is 1. The van der Waals surface area contributed by atoms with Crippen molar-refractivity contribution < 1.29 is 19.0 Å². The van der Waals surface area contributed by atoms with Gasteiger partial charge >= 0.3 is 5.97 Å². The van der Waals surface area contributed by atoms with Crippen LogP contribution in [0.3, 0.4) is 0 Å². The van der Waals surface area contributed by atoms with Crippen molar-refractivity contribution >= 4 is 16.9 Å². The second-order valence-electron chi connectivity index (χ2n) is 9.07. The van der Waals surface area contributed by atoms with Crippen LogP contribution in [-0.4, -0.2) is 53.3 Å². The molecule has 0 bridgehead atoms. The van der Waals surface area contributed by atoms with Gasteiger partial charge in [0.1, 0.15) is 11.4 Å². The molecule has 7 nitrogen and oxygen atoms in total. The van der Waals surface area contributed by atoms with Crippen molar-refractivity contribution in [3.05, 3.63) is 39.4 Å². The first-order valence-electron chi connectivity index (χ1n) is 11.1. The molecule has 0 amide bonds. The van der Waals surface area contributed by atoms with Crippen molar-refractivity contribution in [2.75, 3.05) is 26.7 Å². The minimum absolute atomic E-state index is 0.0672. The van der Waals surface area contributed by atoms with Crippen molar-refractivity contribution in [3.63, 3.8) is 0 Å². The van der Waals surface area contributed by atoms with E-state index in [1.807, 2.05) is 0 Å². The molecule has 3 heterocycles. The summed E-state index contributed by atoms with van der Waals surface area (Å²) < 4.78 is 22.8. The highest BCUT2D eigenvalue weighted by molar-refractivity contribution is 5.95. The molecule has 166 valence electrons. The molecule has 2 saturated heterocycles. The van der Waals surface area contributed by atoms with Gasteiger partial charge in [0.05, 0.1) is 18.0 Å². The Balaban J connectivity index is 1.58. The summed E-state index contributed by atoms with van der Waals surface area (Å²) in [6.45, 7) is 3.19. The Morgan fingerprint density at radius 1 is 1.32 bits per heavy atom. The zero-order valence-electron chi connectivity index (χ0n) is 17.7. The van der Waals surface area contributed by atoms with E-state index < -0.39 is 17.2 Å². The van der Waals surface area contributed by atoms with Gasteiger partial charge in [-0.1, -0.05) is 0 Å². The number of carboxylic acid groups (broad SMARTS) is 1. The number of carbonyl (C=O) groups is 1. The predicted molar refractivity (Wildman–Crippen MR) is 114 cm³/mol. The Hall–Kier alpha value is -2.45. The fraction of sp³-hybridized carbons (Fsp3) is 0.565. The number of aromatic nitrogens is 1. The van der Waals surface area contributed by atoms with E-state index in [0.29, 0.717) is 35.3 Å². The van der Waals surface area contributed by atoms with Gasteiger partial charge in [-0.25, -0.2) is 9.18 Å². The van der Waals surface area contributed by atoms with Crippen LogP contribution in [0.2, 0.25) is 0 Å². The van der Waals surface area contributed by atoms with Crippen LogP contribution in [0.1, 0.15) is 54.1 Å². The van der Waals surface area contributed by atoms with Crippen LogP contribution < -0.4 is 15.5 Å². The quantitative estimate of drug-likeness (QED) is 0.761. The molecule has 1 aliphatic carbocycles. The van der Waals surface area contributed by atoms with Gasteiger partial charge in [-0.05, 0) is 57.2 Å². The maximum absolute atomic E-state index is 15.3. The fourth-order valence-corrected chi connectivity index (χ4v) is 5.32. The Bertz CT molecular complexity index is 1090. The van der Waals surface area contributed by atoms with Crippen molar-refractivity contribution in [1.29, 1.82) is 0 Å². The number of hydrogen-bond acceptors (Lipinski definition) is 5. The highest BCUT2D eigenvalue weighted by Crippen LogP contribution is 2.41. The topological polar surface area (TPSA) is 83.8 Å². The third kappa shape index (κ3) is 3.61. The lowest BCUT2D eigenvalue weighted by molar-refractivity contribution is 0.0695. The second kappa shape index (κ2) is 7.91. The Morgan fingerprint density at radius 3 is 2.84 bits per heavy atom. The number of benzene rings is 1. The number of aromatic carboxylic acids is 1. The number of nitrogens with one attached hydrogen (secondary N) is 1. The lowest BCUT2D eigenvalue weighted by Gasteiger charge is -2.42. The van der Waals surface area contributed by atoms with Crippen LogP contribution in [0.15, 0.2) is 17.1 Å². The summed E-state index contributed by atoms with van der Waals surface area (Å²) >= 11 is 0. The number of methoxy groups -OCH3 is 1. The number of likely N-dealkylation sites (tertiary alicyclic amines) is 1. The molecule has 2 unspecified atom stereocenters. The van der Waals surface area contributed by atoms with Gasteiger partial charge in [-0.15, -0.1) is 0 Å². The molecule has 2 aromatic rings. The molecule has 0 spiro atoms. The number of piperidine rings is 2. The van der Waals surface area contributed by atoms with Crippen LogP contribution in [0.5, 0.6) is 5.75 Å².